The Morgan fingerprint density at radius 1 is 1.29 bits per heavy atom. The van der Waals surface area contributed by atoms with Gasteiger partial charge in [-0.3, -0.25) is 4.40 Å². The van der Waals surface area contributed by atoms with E-state index in [2.05, 4.69) is 22.1 Å². The van der Waals surface area contributed by atoms with Crippen molar-refractivity contribution in [3.8, 4) is 0 Å². The molecule has 0 saturated carbocycles. The summed E-state index contributed by atoms with van der Waals surface area (Å²) in [7, 11) is 2.11. The summed E-state index contributed by atoms with van der Waals surface area (Å²) in [6.45, 7) is 4.02. The molecule has 5 nitrogen and oxygen atoms in total. The minimum atomic E-state index is -0.285. The molecule has 0 atom stereocenters. The van der Waals surface area contributed by atoms with Gasteiger partial charge in [0.15, 0.2) is 5.65 Å². The number of rotatable bonds is 0. The first-order valence-electron chi connectivity index (χ1n) is 5.47. The van der Waals surface area contributed by atoms with Gasteiger partial charge in [-0.05, 0) is 19.2 Å². The Hall–Kier alpha value is -1.53. The SMILES string of the molecule is CN1CCOCC1.Fc1ccc2nncn2c1. The quantitative estimate of drug-likeness (QED) is 0.681. The van der Waals surface area contributed by atoms with Gasteiger partial charge in [-0.15, -0.1) is 10.2 Å². The Morgan fingerprint density at radius 3 is 2.71 bits per heavy atom. The lowest BCUT2D eigenvalue weighted by Crippen LogP contribution is -2.32. The third kappa shape index (κ3) is 3.47. The molecule has 2 aromatic heterocycles. The minimum absolute atomic E-state index is 0.285. The molecule has 0 spiro atoms. The van der Waals surface area contributed by atoms with E-state index in [9.17, 15) is 4.39 Å². The summed E-state index contributed by atoms with van der Waals surface area (Å²) in [5, 5.41) is 7.29. The van der Waals surface area contributed by atoms with E-state index in [0.717, 1.165) is 26.3 Å². The van der Waals surface area contributed by atoms with Gasteiger partial charge in [0.25, 0.3) is 0 Å². The summed E-state index contributed by atoms with van der Waals surface area (Å²) in [5.41, 5.74) is 0.654. The summed E-state index contributed by atoms with van der Waals surface area (Å²) in [6.07, 6.45) is 2.79. The van der Waals surface area contributed by atoms with Crippen molar-refractivity contribution >= 4 is 5.65 Å². The number of likely N-dealkylation sites (N-methyl/N-ethyl adjacent to an activating group) is 1. The van der Waals surface area contributed by atoms with Gasteiger partial charge < -0.3 is 9.64 Å². The Balaban J connectivity index is 0.000000136. The molecular formula is C11H15FN4O. The molecule has 3 heterocycles. The zero-order valence-corrected chi connectivity index (χ0v) is 9.71. The van der Waals surface area contributed by atoms with Crippen molar-refractivity contribution in [2.45, 2.75) is 0 Å². The van der Waals surface area contributed by atoms with Crippen molar-refractivity contribution in [3.05, 3.63) is 30.5 Å². The molecule has 0 bridgehead atoms. The Labute approximate surface area is 98.8 Å². The van der Waals surface area contributed by atoms with E-state index in [1.165, 1.54) is 23.0 Å². The van der Waals surface area contributed by atoms with E-state index in [1.807, 2.05) is 0 Å². The Bertz CT molecular complexity index is 467. The standard InChI is InChI=1S/C6H4FN3.C5H11NO/c7-5-1-2-6-9-8-4-10(6)3-5;1-6-2-4-7-5-3-6/h1-4H;2-5H2,1H3. The maximum absolute atomic E-state index is 12.4. The maximum atomic E-state index is 12.4. The zero-order valence-electron chi connectivity index (χ0n) is 9.71. The maximum Gasteiger partial charge on any atom is 0.160 e. The second-order valence-corrected chi connectivity index (χ2v) is 3.86. The van der Waals surface area contributed by atoms with Gasteiger partial charge in [-0.1, -0.05) is 0 Å². The molecule has 2 aromatic rings. The number of aromatic nitrogens is 3. The highest BCUT2D eigenvalue weighted by molar-refractivity contribution is 5.35. The van der Waals surface area contributed by atoms with E-state index in [4.69, 9.17) is 4.74 Å². The topological polar surface area (TPSA) is 42.7 Å². The minimum Gasteiger partial charge on any atom is -0.379 e. The largest absolute Gasteiger partial charge is 0.379 e. The number of hydrogen-bond donors (Lipinski definition) is 0. The third-order valence-corrected chi connectivity index (χ3v) is 2.49. The molecule has 6 heteroatoms. The lowest BCUT2D eigenvalue weighted by atomic mass is 10.5. The highest BCUT2D eigenvalue weighted by atomic mass is 19.1. The van der Waals surface area contributed by atoms with E-state index in [-0.39, 0.29) is 5.82 Å². The average Bonchev–Trinajstić information content (AvgIpc) is 2.78. The summed E-state index contributed by atoms with van der Waals surface area (Å²) in [6, 6.07) is 2.92. The summed E-state index contributed by atoms with van der Waals surface area (Å²) >= 11 is 0. The van der Waals surface area contributed by atoms with Crippen LogP contribution in [0.5, 0.6) is 0 Å². The zero-order chi connectivity index (χ0) is 12.1. The van der Waals surface area contributed by atoms with E-state index < -0.39 is 0 Å². The van der Waals surface area contributed by atoms with Crippen LogP contribution in [-0.2, 0) is 4.74 Å². The lowest BCUT2D eigenvalue weighted by molar-refractivity contribution is 0.0503. The molecule has 1 aliphatic heterocycles. The first-order valence-corrected chi connectivity index (χ1v) is 5.47. The van der Waals surface area contributed by atoms with Crippen LogP contribution in [0.2, 0.25) is 0 Å². The fourth-order valence-corrected chi connectivity index (χ4v) is 1.45. The predicted molar refractivity (Wildman–Crippen MR) is 61.3 cm³/mol. The molecular weight excluding hydrogens is 223 g/mol. The van der Waals surface area contributed by atoms with Crippen LogP contribution in [-0.4, -0.2) is 52.8 Å². The van der Waals surface area contributed by atoms with Crippen LogP contribution < -0.4 is 0 Å². The number of pyridine rings is 1. The monoisotopic (exact) mass is 238 g/mol. The summed E-state index contributed by atoms with van der Waals surface area (Å²) in [5.74, 6) is -0.285. The molecule has 0 amide bonds. The number of halogens is 1. The van der Waals surface area contributed by atoms with Crippen LogP contribution in [0.25, 0.3) is 5.65 Å². The molecule has 1 aliphatic rings. The second-order valence-electron chi connectivity index (χ2n) is 3.86. The Kier molecular flexibility index (Phi) is 4.00. The fourth-order valence-electron chi connectivity index (χ4n) is 1.45. The average molecular weight is 238 g/mol. The Morgan fingerprint density at radius 2 is 2.06 bits per heavy atom. The normalized spacial score (nSPS) is 16.6. The first-order chi connectivity index (χ1) is 8.25. The fraction of sp³-hybridized carbons (Fsp3) is 0.455. The van der Waals surface area contributed by atoms with Gasteiger partial charge in [0.1, 0.15) is 12.1 Å². The molecule has 0 radical (unpaired) electrons. The van der Waals surface area contributed by atoms with Crippen molar-refractivity contribution in [1.82, 2.24) is 19.5 Å². The van der Waals surface area contributed by atoms with Gasteiger partial charge >= 0.3 is 0 Å². The van der Waals surface area contributed by atoms with Crippen LogP contribution in [0.3, 0.4) is 0 Å². The van der Waals surface area contributed by atoms with Gasteiger partial charge in [0.05, 0.1) is 13.2 Å². The van der Waals surface area contributed by atoms with Crippen molar-refractivity contribution in [2.24, 2.45) is 0 Å². The molecule has 3 rings (SSSR count). The van der Waals surface area contributed by atoms with E-state index >= 15 is 0 Å². The van der Waals surface area contributed by atoms with Crippen molar-refractivity contribution in [2.75, 3.05) is 33.4 Å². The van der Waals surface area contributed by atoms with Gasteiger partial charge in [-0.2, -0.15) is 0 Å². The predicted octanol–water partition coefficient (Wildman–Crippen LogP) is 0.817. The van der Waals surface area contributed by atoms with Crippen LogP contribution in [0.4, 0.5) is 4.39 Å². The molecule has 0 N–H and O–H groups in total. The van der Waals surface area contributed by atoms with Crippen molar-refractivity contribution < 1.29 is 9.13 Å². The lowest BCUT2D eigenvalue weighted by Gasteiger charge is -2.21. The highest BCUT2D eigenvalue weighted by Crippen LogP contribution is 2.00. The molecule has 0 aromatic carbocycles. The number of nitrogens with zero attached hydrogens (tertiary/aromatic N) is 4. The molecule has 0 aliphatic carbocycles. The highest BCUT2D eigenvalue weighted by Gasteiger charge is 2.02. The van der Waals surface area contributed by atoms with Gasteiger partial charge in [0, 0.05) is 19.3 Å². The number of fused-ring (bicyclic) bond motifs is 1. The second kappa shape index (κ2) is 5.70. The van der Waals surface area contributed by atoms with E-state index in [1.54, 1.807) is 6.07 Å². The van der Waals surface area contributed by atoms with Crippen LogP contribution >= 0.6 is 0 Å². The third-order valence-electron chi connectivity index (χ3n) is 2.49. The van der Waals surface area contributed by atoms with Gasteiger partial charge in [-0.25, -0.2) is 4.39 Å². The number of morpholine rings is 1. The molecule has 1 fully saturated rings. The van der Waals surface area contributed by atoms with Crippen molar-refractivity contribution in [3.63, 3.8) is 0 Å². The van der Waals surface area contributed by atoms with Gasteiger partial charge in [0.2, 0.25) is 0 Å². The summed E-state index contributed by atoms with van der Waals surface area (Å²) < 4.78 is 19.1. The van der Waals surface area contributed by atoms with Crippen LogP contribution in [0.15, 0.2) is 24.7 Å². The van der Waals surface area contributed by atoms with Crippen molar-refractivity contribution in [1.29, 1.82) is 0 Å². The summed E-state index contributed by atoms with van der Waals surface area (Å²) in [4.78, 5) is 2.27. The first kappa shape index (κ1) is 11.9. The number of ether oxygens (including phenoxy) is 1. The van der Waals surface area contributed by atoms with E-state index in [0.29, 0.717) is 5.65 Å². The molecule has 0 unspecified atom stereocenters. The smallest absolute Gasteiger partial charge is 0.160 e. The van der Waals surface area contributed by atoms with Crippen LogP contribution in [0.1, 0.15) is 0 Å². The molecule has 92 valence electrons. The van der Waals surface area contributed by atoms with Crippen LogP contribution in [0, 0.1) is 5.82 Å². The molecule has 1 saturated heterocycles. The molecule has 17 heavy (non-hydrogen) atoms. The number of hydrogen-bond acceptors (Lipinski definition) is 4.